The van der Waals surface area contributed by atoms with Crippen LogP contribution in [0, 0.1) is 28.9 Å². The quantitative estimate of drug-likeness (QED) is 0.380. The number of carbonyl (C=O) groups is 2. The Hall–Kier alpha value is -2.58. The number of fused-ring (bicyclic) bond motifs is 5. The molecule has 1 aromatic rings. The first-order valence-electron chi connectivity index (χ1n) is 7.88. The molecule has 3 aliphatic rings. The van der Waals surface area contributed by atoms with Gasteiger partial charge in [-0.15, -0.1) is 0 Å². The molecule has 0 saturated carbocycles. The maximum atomic E-state index is 13.0. The lowest BCUT2D eigenvalue weighted by Crippen LogP contribution is -2.43. The van der Waals surface area contributed by atoms with Crippen LogP contribution in [0.3, 0.4) is 0 Å². The third-order valence-corrected chi connectivity index (χ3v) is 5.37. The van der Waals surface area contributed by atoms with Crippen molar-refractivity contribution in [3.8, 4) is 0 Å². The highest BCUT2D eigenvalue weighted by Crippen LogP contribution is 2.57. The standard InChI is InChI=1S/C17H16N2O6/c1-9-3-4-10(11(7-9)19(23)24)18-14(21)12-13(15(18)22)17(8-20)6-5-16(12,2)25-17/h3-7,12-13,20H,8H2,1-2H3/t12-,13+,16-,17+/m1/s1. The zero-order valence-corrected chi connectivity index (χ0v) is 13.6. The minimum atomic E-state index is -1.25. The molecule has 1 aromatic carbocycles. The highest BCUT2D eigenvalue weighted by atomic mass is 16.6. The second kappa shape index (κ2) is 4.74. The average molecular weight is 344 g/mol. The fourth-order valence-corrected chi connectivity index (χ4v) is 4.25. The Kier molecular flexibility index (Phi) is 3.02. The van der Waals surface area contributed by atoms with E-state index in [4.69, 9.17) is 4.74 Å². The summed E-state index contributed by atoms with van der Waals surface area (Å²) in [6.45, 7) is 2.94. The van der Waals surface area contributed by atoms with E-state index in [2.05, 4.69) is 0 Å². The minimum Gasteiger partial charge on any atom is -0.393 e. The van der Waals surface area contributed by atoms with E-state index >= 15 is 0 Å². The van der Waals surface area contributed by atoms with Gasteiger partial charge in [-0.2, -0.15) is 0 Å². The van der Waals surface area contributed by atoms with Crippen molar-refractivity contribution in [2.45, 2.75) is 25.0 Å². The van der Waals surface area contributed by atoms with E-state index in [0.717, 1.165) is 4.90 Å². The van der Waals surface area contributed by atoms with Gasteiger partial charge < -0.3 is 9.84 Å². The molecule has 2 fully saturated rings. The fraction of sp³-hybridized carbons (Fsp3) is 0.412. The second-order valence-electron chi connectivity index (χ2n) is 6.95. The van der Waals surface area contributed by atoms with Crippen LogP contribution in [0.1, 0.15) is 12.5 Å². The van der Waals surface area contributed by atoms with Crippen molar-refractivity contribution in [2.24, 2.45) is 11.8 Å². The maximum absolute atomic E-state index is 13.0. The number of rotatable bonds is 3. The summed E-state index contributed by atoms with van der Waals surface area (Å²) in [4.78, 5) is 37.7. The summed E-state index contributed by atoms with van der Waals surface area (Å²) < 4.78 is 5.82. The monoisotopic (exact) mass is 344 g/mol. The molecule has 0 unspecified atom stereocenters. The smallest absolute Gasteiger partial charge is 0.293 e. The normalized spacial score (nSPS) is 35.6. The predicted molar refractivity (Wildman–Crippen MR) is 85.8 cm³/mol. The average Bonchev–Trinajstić information content (AvgIpc) is 3.14. The number of carbonyl (C=O) groups excluding carboxylic acids is 2. The molecule has 0 spiro atoms. The molecule has 130 valence electrons. The van der Waals surface area contributed by atoms with E-state index in [1.54, 1.807) is 32.1 Å². The summed E-state index contributed by atoms with van der Waals surface area (Å²) in [7, 11) is 0. The molecule has 3 heterocycles. The molecule has 0 aliphatic carbocycles. The van der Waals surface area contributed by atoms with Gasteiger partial charge in [-0.05, 0) is 25.5 Å². The van der Waals surface area contributed by atoms with E-state index in [1.807, 2.05) is 0 Å². The van der Waals surface area contributed by atoms with Gasteiger partial charge in [-0.25, -0.2) is 4.90 Å². The first-order chi connectivity index (χ1) is 11.7. The molecule has 8 heteroatoms. The SMILES string of the molecule is Cc1ccc(N2C(=O)[C@@H]3[C@H](C2=O)[C@@]2(C)C=C[C@@]3(CO)O2)c([N+](=O)[O-])c1. The number of nitro benzene ring substituents is 1. The van der Waals surface area contributed by atoms with Gasteiger partial charge in [0.25, 0.3) is 5.69 Å². The molecule has 4 atom stereocenters. The number of ether oxygens (including phenoxy) is 1. The lowest BCUT2D eigenvalue weighted by Gasteiger charge is -2.26. The van der Waals surface area contributed by atoms with Crippen LogP contribution in [0.2, 0.25) is 0 Å². The van der Waals surface area contributed by atoms with Gasteiger partial charge >= 0.3 is 0 Å². The van der Waals surface area contributed by atoms with Gasteiger partial charge in [0.05, 0.1) is 29.0 Å². The number of benzene rings is 1. The van der Waals surface area contributed by atoms with Crippen LogP contribution in [0.15, 0.2) is 30.4 Å². The predicted octanol–water partition coefficient (Wildman–Crippen LogP) is 1.10. The number of nitrogens with zero attached hydrogens (tertiary/aromatic N) is 2. The van der Waals surface area contributed by atoms with Crippen molar-refractivity contribution in [3.05, 3.63) is 46.0 Å². The van der Waals surface area contributed by atoms with Crippen LogP contribution < -0.4 is 4.90 Å². The van der Waals surface area contributed by atoms with Crippen LogP contribution in [0.25, 0.3) is 0 Å². The van der Waals surface area contributed by atoms with Crippen molar-refractivity contribution in [2.75, 3.05) is 11.5 Å². The molecule has 3 aliphatic heterocycles. The fourth-order valence-electron chi connectivity index (χ4n) is 4.25. The van der Waals surface area contributed by atoms with Gasteiger partial charge in [0.15, 0.2) is 0 Å². The van der Waals surface area contributed by atoms with Gasteiger partial charge in [0.1, 0.15) is 11.3 Å². The van der Waals surface area contributed by atoms with Gasteiger partial charge in [0.2, 0.25) is 11.8 Å². The minimum absolute atomic E-state index is 0.0453. The van der Waals surface area contributed by atoms with E-state index in [1.165, 1.54) is 12.1 Å². The number of aliphatic hydroxyl groups is 1. The summed E-state index contributed by atoms with van der Waals surface area (Å²) >= 11 is 0. The highest BCUT2D eigenvalue weighted by molar-refractivity contribution is 6.24. The summed E-state index contributed by atoms with van der Waals surface area (Å²) in [5.41, 5.74) is -1.95. The molecular weight excluding hydrogens is 328 g/mol. The van der Waals surface area contributed by atoms with Crippen molar-refractivity contribution in [1.82, 2.24) is 0 Å². The van der Waals surface area contributed by atoms with Crippen molar-refractivity contribution >= 4 is 23.2 Å². The van der Waals surface area contributed by atoms with E-state index in [9.17, 15) is 24.8 Å². The number of imide groups is 1. The van der Waals surface area contributed by atoms with Crippen LogP contribution in [0.5, 0.6) is 0 Å². The number of hydrogen-bond donors (Lipinski definition) is 1. The van der Waals surface area contributed by atoms with Crippen LogP contribution in [-0.2, 0) is 14.3 Å². The Labute approximate surface area is 142 Å². The summed E-state index contributed by atoms with van der Waals surface area (Å²) in [6.07, 6.45) is 3.30. The molecule has 2 saturated heterocycles. The Morgan fingerprint density at radius 1 is 1.28 bits per heavy atom. The third-order valence-electron chi connectivity index (χ3n) is 5.37. The number of aryl methyl sites for hydroxylation is 1. The zero-order chi connectivity index (χ0) is 18.1. The Bertz CT molecular complexity index is 865. The Morgan fingerprint density at radius 2 is 1.96 bits per heavy atom. The van der Waals surface area contributed by atoms with Crippen molar-refractivity contribution < 1.29 is 24.4 Å². The van der Waals surface area contributed by atoms with E-state index in [-0.39, 0.29) is 11.4 Å². The Morgan fingerprint density at radius 3 is 2.60 bits per heavy atom. The summed E-state index contributed by atoms with van der Waals surface area (Å²) in [5, 5.41) is 21.2. The third kappa shape index (κ3) is 1.83. The number of amides is 2. The summed E-state index contributed by atoms with van der Waals surface area (Å²) in [6, 6.07) is 4.36. The maximum Gasteiger partial charge on any atom is 0.293 e. The second-order valence-corrected chi connectivity index (χ2v) is 6.95. The molecule has 25 heavy (non-hydrogen) atoms. The molecule has 2 bridgehead atoms. The lowest BCUT2D eigenvalue weighted by molar-refractivity contribution is -0.384. The van der Waals surface area contributed by atoms with Gasteiger partial charge in [0, 0.05) is 6.07 Å². The van der Waals surface area contributed by atoms with E-state index < -0.39 is 46.4 Å². The molecule has 0 radical (unpaired) electrons. The summed E-state index contributed by atoms with van der Waals surface area (Å²) in [5.74, 6) is -2.81. The van der Waals surface area contributed by atoms with E-state index in [0.29, 0.717) is 5.56 Å². The largest absolute Gasteiger partial charge is 0.393 e. The molecule has 0 aromatic heterocycles. The number of aliphatic hydroxyl groups excluding tert-OH is 1. The zero-order valence-electron chi connectivity index (χ0n) is 13.6. The van der Waals surface area contributed by atoms with Crippen molar-refractivity contribution in [1.29, 1.82) is 0 Å². The molecule has 8 nitrogen and oxygen atoms in total. The van der Waals surface area contributed by atoms with Crippen LogP contribution in [0.4, 0.5) is 11.4 Å². The molecule has 2 amide bonds. The highest BCUT2D eigenvalue weighted by Gasteiger charge is 2.72. The Balaban J connectivity index is 1.85. The first-order valence-corrected chi connectivity index (χ1v) is 7.88. The van der Waals surface area contributed by atoms with Crippen LogP contribution in [-0.4, -0.2) is 39.7 Å². The number of anilines is 1. The number of nitro groups is 1. The topological polar surface area (TPSA) is 110 Å². The number of hydrogen-bond acceptors (Lipinski definition) is 6. The first kappa shape index (κ1) is 15.9. The van der Waals surface area contributed by atoms with Crippen LogP contribution >= 0.6 is 0 Å². The molecule has 4 rings (SSSR count). The van der Waals surface area contributed by atoms with Gasteiger partial charge in [-0.3, -0.25) is 19.7 Å². The molecule has 1 N–H and O–H groups in total. The van der Waals surface area contributed by atoms with Gasteiger partial charge in [-0.1, -0.05) is 18.2 Å². The van der Waals surface area contributed by atoms with Crippen molar-refractivity contribution in [3.63, 3.8) is 0 Å². The lowest BCUT2D eigenvalue weighted by atomic mass is 9.73. The molecular formula is C17H16N2O6.